The summed E-state index contributed by atoms with van der Waals surface area (Å²) in [5.74, 6) is 1.64. The van der Waals surface area contributed by atoms with Crippen LogP contribution in [0.3, 0.4) is 0 Å². The molecule has 5 nitrogen and oxygen atoms in total. The minimum Gasteiger partial charge on any atom is -0.494 e. The molecule has 0 aliphatic carbocycles. The van der Waals surface area contributed by atoms with Crippen molar-refractivity contribution in [1.29, 1.82) is 0 Å². The Kier molecular flexibility index (Phi) is 7.37. The molecule has 6 heteroatoms. The molecule has 3 rings (SSSR count). The molecule has 0 aromatic heterocycles. The lowest BCUT2D eigenvalue weighted by Crippen LogP contribution is -2.36. The van der Waals surface area contributed by atoms with E-state index in [1.54, 1.807) is 16.7 Å². The van der Waals surface area contributed by atoms with E-state index in [0.29, 0.717) is 19.7 Å². The van der Waals surface area contributed by atoms with Crippen molar-refractivity contribution in [3.05, 3.63) is 54.1 Å². The van der Waals surface area contributed by atoms with E-state index in [0.717, 1.165) is 34.1 Å². The summed E-state index contributed by atoms with van der Waals surface area (Å²) in [5, 5.41) is 2.86. The van der Waals surface area contributed by atoms with Gasteiger partial charge in [-0.05, 0) is 43.2 Å². The van der Waals surface area contributed by atoms with Crippen LogP contribution in [0.1, 0.15) is 24.8 Å². The highest BCUT2D eigenvalue weighted by Gasteiger charge is 2.22. The highest BCUT2D eigenvalue weighted by atomic mass is 32.2. The van der Waals surface area contributed by atoms with Crippen LogP contribution >= 0.6 is 11.8 Å². The summed E-state index contributed by atoms with van der Waals surface area (Å²) in [7, 11) is 0. The van der Waals surface area contributed by atoms with E-state index in [4.69, 9.17) is 4.74 Å². The number of carbonyl (C=O) groups excluding carboxylic acids is 2. The first-order valence-corrected chi connectivity index (χ1v) is 10.6. The van der Waals surface area contributed by atoms with Gasteiger partial charge in [-0.2, -0.15) is 0 Å². The number of nitrogens with zero attached hydrogens (tertiary/aromatic N) is 1. The Bertz CT molecular complexity index is 825. The first kappa shape index (κ1) is 20.3. The Morgan fingerprint density at radius 3 is 2.86 bits per heavy atom. The van der Waals surface area contributed by atoms with Crippen molar-refractivity contribution in [3.63, 3.8) is 0 Å². The summed E-state index contributed by atoms with van der Waals surface area (Å²) < 4.78 is 5.67. The average molecular weight is 399 g/mol. The Morgan fingerprint density at radius 1 is 1.14 bits per heavy atom. The highest BCUT2D eigenvalue weighted by Crippen LogP contribution is 2.34. The van der Waals surface area contributed by atoms with Crippen LogP contribution in [0.2, 0.25) is 0 Å². The molecule has 2 aromatic carbocycles. The Labute approximate surface area is 170 Å². The topological polar surface area (TPSA) is 58.6 Å². The quantitative estimate of drug-likeness (QED) is 0.687. The van der Waals surface area contributed by atoms with E-state index in [1.165, 1.54) is 0 Å². The van der Waals surface area contributed by atoms with Crippen LogP contribution in [-0.4, -0.2) is 37.3 Å². The molecular formula is C22H26N2O3S. The standard InChI is InChI=1S/C22H26N2O3S/c1-17-6-4-7-18(16-17)27-14-5-12-23-21(25)10-11-22(26)24-13-15-28-20-9-3-2-8-19(20)24/h2-4,6-9,16H,5,10-15H2,1H3,(H,23,25). The van der Waals surface area contributed by atoms with Crippen LogP contribution in [-0.2, 0) is 9.59 Å². The van der Waals surface area contributed by atoms with E-state index in [-0.39, 0.29) is 24.7 Å². The molecular weight excluding hydrogens is 372 g/mol. The number of anilines is 1. The third-order valence-electron chi connectivity index (χ3n) is 4.50. The second-order valence-electron chi connectivity index (χ2n) is 6.73. The number of benzene rings is 2. The first-order chi connectivity index (χ1) is 13.6. The van der Waals surface area contributed by atoms with Gasteiger partial charge in [0.2, 0.25) is 11.8 Å². The Balaban J connectivity index is 1.34. The maximum atomic E-state index is 12.5. The molecule has 1 heterocycles. The molecule has 148 valence electrons. The first-order valence-electron chi connectivity index (χ1n) is 9.62. The summed E-state index contributed by atoms with van der Waals surface area (Å²) in [6, 6.07) is 15.8. The molecule has 0 saturated heterocycles. The van der Waals surface area contributed by atoms with Crippen molar-refractivity contribution >= 4 is 29.3 Å². The summed E-state index contributed by atoms with van der Waals surface area (Å²) in [4.78, 5) is 27.5. The number of fused-ring (bicyclic) bond motifs is 1. The number of nitrogens with one attached hydrogen (secondary N) is 1. The van der Waals surface area contributed by atoms with Crippen LogP contribution in [0.5, 0.6) is 5.75 Å². The van der Waals surface area contributed by atoms with Gasteiger partial charge in [-0.1, -0.05) is 24.3 Å². The number of thioether (sulfide) groups is 1. The van der Waals surface area contributed by atoms with E-state index in [1.807, 2.05) is 55.5 Å². The third-order valence-corrected chi connectivity index (χ3v) is 5.54. The molecule has 0 saturated carbocycles. The molecule has 0 bridgehead atoms. The summed E-state index contributed by atoms with van der Waals surface area (Å²) >= 11 is 1.76. The van der Waals surface area contributed by atoms with Gasteiger partial charge in [0.1, 0.15) is 5.75 Å². The largest absolute Gasteiger partial charge is 0.494 e. The van der Waals surface area contributed by atoms with Gasteiger partial charge in [-0.15, -0.1) is 11.8 Å². The van der Waals surface area contributed by atoms with Gasteiger partial charge in [-0.25, -0.2) is 0 Å². The zero-order valence-electron chi connectivity index (χ0n) is 16.1. The summed E-state index contributed by atoms with van der Waals surface area (Å²) in [6.07, 6.45) is 1.17. The zero-order chi connectivity index (χ0) is 19.8. The fourth-order valence-corrected chi connectivity index (χ4v) is 4.06. The number of aryl methyl sites for hydroxylation is 1. The van der Waals surface area contributed by atoms with Gasteiger partial charge in [0.15, 0.2) is 0 Å². The monoisotopic (exact) mass is 398 g/mol. The molecule has 0 unspecified atom stereocenters. The number of rotatable bonds is 8. The predicted octanol–water partition coefficient (Wildman–Crippen LogP) is 3.80. The SMILES string of the molecule is Cc1cccc(OCCCNC(=O)CCC(=O)N2CCSc3ccccc32)c1. The lowest BCUT2D eigenvalue weighted by molar-refractivity contribution is -0.125. The van der Waals surface area contributed by atoms with Crippen molar-refractivity contribution in [3.8, 4) is 5.75 Å². The second-order valence-corrected chi connectivity index (χ2v) is 7.87. The molecule has 0 spiro atoms. The maximum absolute atomic E-state index is 12.5. The summed E-state index contributed by atoms with van der Waals surface area (Å²) in [6.45, 7) is 3.81. The van der Waals surface area contributed by atoms with Crippen LogP contribution in [0, 0.1) is 6.92 Å². The molecule has 1 aliphatic rings. The number of para-hydroxylation sites is 1. The van der Waals surface area contributed by atoms with Gasteiger partial charge in [0.05, 0.1) is 12.3 Å². The zero-order valence-corrected chi connectivity index (χ0v) is 17.0. The van der Waals surface area contributed by atoms with Crippen LogP contribution in [0.15, 0.2) is 53.4 Å². The molecule has 28 heavy (non-hydrogen) atoms. The van der Waals surface area contributed by atoms with Crippen molar-refractivity contribution < 1.29 is 14.3 Å². The molecule has 0 fully saturated rings. The van der Waals surface area contributed by atoms with E-state index in [2.05, 4.69) is 5.32 Å². The number of amides is 2. The lowest BCUT2D eigenvalue weighted by Gasteiger charge is -2.29. The number of ether oxygens (including phenoxy) is 1. The van der Waals surface area contributed by atoms with Crippen molar-refractivity contribution in [1.82, 2.24) is 5.32 Å². The van der Waals surface area contributed by atoms with Crippen molar-refractivity contribution in [2.75, 3.05) is 30.3 Å². The third kappa shape index (κ3) is 5.76. The average Bonchev–Trinajstić information content (AvgIpc) is 2.71. The predicted molar refractivity (Wildman–Crippen MR) is 113 cm³/mol. The van der Waals surface area contributed by atoms with E-state index < -0.39 is 0 Å². The van der Waals surface area contributed by atoms with Crippen LogP contribution in [0.4, 0.5) is 5.69 Å². The van der Waals surface area contributed by atoms with Gasteiger partial charge >= 0.3 is 0 Å². The molecule has 1 aliphatic heterocycles. The molecule has 2 aromatic rings. The van der Waals surface area contributed by atoms with E-state index >= 15 is 0 Å². The highest BCUT2D eigenvalue weighted by molar-refractivity contribution is 7.99. The molecule has 0 radical (unpaired) electrons. The number of hydrogen-bond donors (Lipinski definition) is 1. The molecule has 1 N–H and O–H groups in total. The normalized spacial score (nSPS) is 13.0. The van der Waals surface area contributed by atoms with Gasteiger partial charge in [0.25, 0.3) is 0 Å². The fraction of sp³-hybridized carbons (Fsp3) is 0.364. The minimum absolute atomic E-state index is 0.00526. The van der Waals surface area contributed by atoms with Crippen molar-refractivity contribution in [2.24, 2.45) is 0 Å². The van der Waals surface area contributed by atoms with Gasteiger partial charge in [0, 0.05) is 36.6 Å². The second kappa shape index (κ2) is 10.2. The Hall–Kier alpha value is -2.47. The molecule has 2 amide bonds. The lowest BCUT2D eigenvalue weighted by atomic mass is 10.2. The van der Waals surface area contributed by atoms with Crippen molar-refractivity contribution in [2.45, 2.75) is 31.1 Å². The Morgan fingerprint density at radius 2 is 2.00 bits per heavy atom. The van der Waals surface area contributed by atoms with Crippen LogP contribution < -0.4 is 15.0 Å². The van der Waals surface area contributed by atoms with Gasteiger partial charge in [-0.3, -0.25) is 9.59 Å². The minimum atomic E-state index is -0.0939. The maximum Gasteiger partial charge on any atom is 0.227 e. The fourth-order valence-electron chi connectivity index (χ4n) is 3.07. The summed E-state index contributed by atoms with van der Waals surface area (Å²) in [5.41, 5.74) is 2.11. The number of hydrogen-bond acceptors (Lipinski definition) is 4. The van der Waals surface area contributed by atoms with Crippen LogP contribution in [0.25, 0.3) is 0 Å². The molecule has 0 atom stereocenters. The van der Waals surface area contributed by atoms with Gasteiger partial charge < -0.3 is 15.0 Å². The number of carbonyl (C=O) groups is 2. The van der Waals surface area contributed by atoms with E-state index in [9.17, 15) is 9.59 Å². The smallest absolute Gasteiger partial charge is 0.227 e.